The Kier molecular flexibility index (Phi) is 4.56. The minimum atomic E-state index is -0.0706. The third-order valence-electron chi connectivity index (χ3n) is 0.690. The fourth-order valence-electron chi connectivity index (χ4n) is 0.287. The number of hydrogen-bond acceptors (Lipinski definition) is 2. The summed E-state index contributed by atoms with van der Waals surface area (Å²) < 4.78 is 0. The van der Waals surface area contributed by atoms with Crippen LogP contribution in [0.4, 0.5) is 0 Å². The quantitative estimate of drug-likeness (QED) is 0.421. The van der Waals surface area contributed by atoms with Gasteiger partial charge in [0, 0.05) is 12.8 Å². The monoisotopic (exact) mass is 134 g/mol. The highest BCUT2D eigenvalue weighted by Gasteiger charge is 1.95. The molecular weight excluding hydrogens is 128 g/mol. The third-order valence-corrected chi connectivity index (χ3v) is 0.988. The Morgan fingerprint density at radius 3 is 2.62 bits per heavy atom. The second-order valence-electron chi connectivity index (χ2n) is 1.38. The summed E-state index contributed by atoms with van der Waals surface area (Å²) in [7, 11) is 0. The molecule has 0 aromatic carbocycles. The van der Waals surface area contributed by atoms with Gasteiger partial charge in [-0.15, -0.1) is 11.6 Å². The average Bonchev–Trinajstić information content (AvgIpc) is 1.83. The summed E-state index contributed by atoms with van der Waals surface area (Å²) >= 11 is 5.12. The highest BCUT2D eigenvalue weighted by molar-refractivity contribution is 6.27. The van der Waals surface area contributed by atoms with Crippen LogP contribution in [0.5, 0.6) is 0 Å². The van der Waals surface area contributed by atoms with Gasteiger partial charge in [0.15, 0.2) is 0 Å². The maximum atomic E-state index is 10.3. The Morgan fingerprint density at radius 2 is 2.25 bits per heavy atom. The second-order valence-corrected chi connectivity index (χ2v) is 1.64. The molecule has 0 amide bonds. The average molecular weight is 135 g/mol. The van der Waals surface area contributed by atoms with Gasteiger partial charge in [0.2, 0.25) is 0 Å². The zero-order chi connectivity index (χ0) is 6.41. The third kappa shape index (κ3) is 3.81. The van der Waals surface area contributed by atoms with E-state index in [1.54, 1.807) is 0 Å². The van der Waals surface area contributed by atoms with Crippen molar-refractivity contribution in [2.75, 3.05) is 5.88 Å². The number of rotatable bonds is 4. The van der Waals surface area contributed by atoms with Crippen LogP contribution >= 0.6 is 11.6 Å². The number of halogens is 1. The molecule has 0 aromatic heterocycles. The lowest BCUT2D eigenvalue weighted by atomic mass is 10.2. The number of carbonyl (C=O) groups is 2. The van der Waals surface area contributed by atoms with Crippen LogP contribution in [0.1, 0.15) is 12.8 Å². The zero-order valence-electron chi connectivity index (χ0n) is 4.39. The molecule has 0 fully saturated rings. The van der Waals surface area contributed by atoms with Crippen molar-refractivity contribution in [3.8, 4) is 0 Å². The van der Waals surface area contributed by atoms with Crippen LogP contribution in [-0.4, -0.2) is 17.9 Å². The molecule has 8 heavy (non-hydrogen) atoms. The predicted molar refractivity (Wildman–Crippen MR) is 31.0 cm³/mol. The van der Waals surface area contributed by atoms with E-state index in [0.717, 1.165) is 0 Å². The first-order valence-corrected chi connectivity index (χ1v) is 2.86. The normalized spacial score (nSPS) is 8.62. The summed E-state index contributed by atoms with van der Waals surface area (Å²) in [5.74, 6) is -0.0489. The molecule has 0 aromatic rings. The molecule has 0 saturated heterocycles. The van der Waals surface area contributed by atoms with E-state index in [1.165, 1.54) is 0 Å². The van der Waals surface area contributed by atoms with E-state index in [9.17, 15) is 9.59 Å². The van der Waals surface area contributed by atoms with Crippen molar-refractivity contribution in [1.29, 1.82) is 0 Å². The van der Waals surface area contributed by atoms with Crippen molar-refractivity contribution in [2.45, 2.75) is 12.8 Å². The molecule has 2 nitrogen and oxygen atoms in total. The summed E-state index contributed by atoms with van der Waals surface area (Å²) in [6.45, 7) is 0. The Hall–Kier alpha value is -0.370. The number of ketones is 1. The molecule has 0 atom stereocenters. The molecule has 0 spiro atoms. The van der Waals surface area contributed by atoms with Crippen LogP contribution < -0.4 is 0 Å². The summed E-state index contributed by atoms with van der Waals surface area (Å²) in [5.41, 5.74) is 0. The van der Waals surface area contributed by atoms with E-state index in [1.807, 2.05) is 0 Å². The standard InChI is InChI=1S/C5H7ClO2/c6-4-5(8)2-1-3-7/h3H,1-2,4H2. The van der Waals surface area contributed by atoms with Crippen molar-refractivity contribution in [1.82, 2.24) is 0 Å². The van der Waals surface area contributed by atoms with Crippen molar-refractivity contribution in [3.63, 3.8) is 0 Å². The molecule has 0 N–H and O–H groups in total. The lowest BCUT2D eigenvalue weighted by Gasteiger charge is -1.85. The molecule has 0 bridgehead atoms. The van der Waals surface area contributed by atoms with E-state index >= 15 is 0 Å². The maximum Gasteiger partial charge on any atom is 0.148 e. The molecule has 0 radical (unpaired) electrons. The molecule has 0 unspecified atom stereocenters. The summed E-state index contributed by atoms with van der Waals surface area (Å²) in [4.78, 5) is 19.9. The maximum absolute atomic E-state index is 10.3. The van der Waals surface area contributed by atoms with Gasteiger partial charge < -0.3 is 4.79 Å². The van der Waals surface area contributed by atoms with E-state index in [4.69, 9.17) is 11.6 Å². The Balaban J connectivity index is 3.11. The fourth-order valence-corrected chi connectivity index (χ4v) is 0.420. The van der Waals surface area contributed by atoms with Gasteiger partial charge in [-0.1, -0.05) is 0 Å². The van der Waals surface area contributed by atoms with E-state index in [2.05, 4.69) is 0 Å². The molecule has 0 heterocycles. The van der Waals surface area contributed by atoms with Crippen LogP contribution in [-0.2, 0) is 9.59 Å². The molecule has 46 valence electrons. The summed E-state index contributed by atoms with van der Waals surface area (Å²) in [5, 5.41) is 0. The predicted octanol–water partition coefficient (Wildman–Crippen LogP) is 0.773. The van der Waals surface area contributed by atoms with Crippen LogP contribution in [0.2, 0.25) is 0 Å². The van der Waals surface area contributed by atoms with Crippen molar-refractivity contribution >= 4 is 23.7 Å². The Morgan fingerprint density at radius 1 is 1.62 bits per heavy atom. The van der Waals surface area contributed by atoms with Crippen molar-refractivity contribution in [3.05, 3.63) is 0 Å². The molecule has 0 rings (SSSR count). The molecule has 0 aliphatic carbocycles. The van der Waals surface area contributed by atoms with Gasteiger partial charge >= 0.3 is 0 Å². The molecule has 3 heteroatoms. The van der Waals surface area contributed by atoms with Gasteiger partial charge in [-0.25, -0.2) is 0 Å². The lowest BCUT2D eigenvalue weighted by Crippen LogP contribution is -1.97. The van der Waals surface area contributed by atoms with Gasteiger partial charge in [0.05, 0.1) is 5.88 Å². The van der Waals surface area contributed by atoms with Crippen molar-refractivity contribution in [2.24, 2.45) is 0 Å². The van der Waals surface area contributed by atoms with Crippen molar-refractivity contribution < 1.29 is 9.59 Å². The van der Waals surface area contributed by atoms with Gasteiger partial charge in [-0.05, 0) is 0 Å². The SMILES string of the molecule is O=CCCC(=O)CCl. The van der Waals surface area contributed by atoms with Crippen LogP contribution in [0.25, 0.3) is 0 Å². The van der Waals surface area contributed by atoms with E-state index in [0.29, 0.717) is 12.7 Å². The first-order valence-electron chi connectivity index (χ1n) is 2.32. The highest BCUT2D eigenvalue weighted by Crippen LogP contribution is 1.88. The molecule has 0 aliphatic rings. The first kappa shape index (κ1) is 7.63. The van der Waals surface area contributed by atoms with Crippen LogP contribution in [0.3, 0.4) is 0 Å². The number of aldehydes is 1. The lowest BCUT2D eigenvalue weighted by molar-refractivity contribution is -0.118. The minimum Gasteiger partial charge on any atom is -0.303 e. The number of hydrogen-bond donors (Lipinski definition) is 0. The number of Topliss-reactive ketones (excluding diaryl/α,β-unsaturated/α-hetero) is 1. The molecule has 0 aliphatic heterocycles. The van der Waals surface area contributed by atoms with Gasteiger partial charge in [-0.2, -0.15) is 0 Å². The number of carbonyl (C=O) groups excluding carboxylic acids is 2. The zero-order valence-corrected chi connectivity index (χ0v) is 5.15. The highest BCUT2D eigenvalue weighted by atomic mass is 35.5. The fraction of sp³-hybridized carbons (Fsp3) is 0.600. The molecular formula is C5H7ClO2. The number of alkyl halides is 1. The second kappa shape index (κ2) is 4.78. The van der Waals surface area contributed by atoms with Crippen LogP contribution in [0, 0.1) is 0 Å². The van der Waals surface area contributed by atoms with Gasteiger partial charge in [-0.3, -0.25) is 4.79 Å². The Bertz CT molecular complexity index is 90.4. The molecule has 0 saturated carbocycles. The van der Waals surface area contributed by atoms with Gasteiger partial charge in [0.25, 0.3) is 0 Å². The Labute approximate surface area is 52.8 Å². The largest absolute Gasteiger partial charge is 0.303 e. The summed E-state index contributed by atoms with van der Waals surface area (Å²) in [6, 6.07) is 0. The van der Waals surface area contributed by atoms with Crippen LogP contribution in [0.15, 0.2) is 0 Å². The minimum absolute atomic E-state index is 0.0217. The topological polar surface area (TPSA) is 34.1 Å². The van der Waals surface area contributed by atoms with E-state index in [-0.39, 0.29) is 18.1 Å². The first-order chi connectivity index (χ1) is 3.81. The van der Waals surface area contributed by atoms with Gasteiger partial charge in [0.1, 0.15) is 12.1 Å². The smallest absolute Gasteiger partial charge is 0.148 e. The summed E-state index contributed by atoms with van der Waals surface area (Å²) in [6.07, 6.45) is 1.29. The van der Waals surface area contributed by atoms with E-state index < -0.39 is 0 Å².